The molecule has 0 unspecified atom stereocenters. The lowest BCUT2D eigenvalue weighted by molar-refractivity contribution is 0.0485. The van der Waals surface area contributed by atoms with Crippen molar-refractivity contribution in [3.63, 3.8) is 0 Å². The third-order valence-corrected chi connectivity index (χ3v) is 3.53. The van der Waals surface area contributed by atoms with Crippen molar-refractivity contribution in [3.05, 3.63) is 10.6 Å². The minimum atomic E-state index is 0.319. The monoisotopic (exact) mass is 227 g/mol. The molecule has 1 aliphatic heterocycles. The van der Waals surface area contributed by atoms with Gasteiger partial charge in [-0.2, -0.15) is 0 Å². The first-order chi connectivity index (χ1) is 7.33. The first-order valence-corrected chi connectivity index (χ1v) is 6.24. The number of rotatable bonds is 5. The van der Waals surface area contributed by atoms with E-state index in [4.69, 9.17) is 5.11 Å². The molecule has 2 heterocycles. The molecule has 5 heteroatoms. The average Bonchev–Trinajstić information content (AvgIpc) is 2.59. The third-order valence-electron chi connectivity index (χ3n) is 2.78. The largest absolute Gasteiger partial charge is 0.396 e. The molecule has 1 fully saturated rings. The summed E-state index contributed by atoms with van der Waals surface area (Å²) in [6.07, 6.45) is 2.15. The standard InChI is InChI=1S/C10H17N3OS/c1-2-3-9-10(15-12-11-9)6-13-4-8(5-13)7-14/h8,14H,2-7H2,1H3. The second-order valence-corrected chi connectivity index (χ2v) is 4.97. The quantitative estimate of drug-likeness (QED) is 0.812. The zero-order valence-corrected chi connectivity index (χ0v) is 9.83. The number of likely N-dealkylation sites (tertiary alicyclic amines) is 1. The number of aryl methyl sites for hydroxylation is 1. The van der Waals surface area contributed by atoms with E-state index in [1.807, 2.05) is 0 Å². The van der Waals surface area contributed by atoms with E-state index in [0.717, 1.165) is 38.2 Å². The predicted octanol–water partition coefficient (Wildman–Crippen LogP) is 0.915. The molecular weight excluding hydrogens is 210 g/mol. The topological polar surface area (TPSA) is 49.2 Å². The zero-order valence-electron chi connectivity index (χ0n) is 9.02. The van der Waals surface area contributed by atoms with Gasteiger partial charge in [0.1, 0.15) is 0 Å². The van der Waals surface area contributed by atoms with Gasteiger partial charge in [-0.25, -0.2) is 0 Å². The molecule has 1 aliphatic rings. The van der Waals surface area contributed by atoms with Crippen LogP contribution < -0.4 is 0 Å². The maximum atomic E-state index is 8.92. The molecule has 1 saturated heterocycles. The van der Waals surface area contributed by atoms with Crippen LogP contribution in [-0.4, -0.2) is 39.3 Å². The fourth-order valence-electron chi connectivity index (χ4n) is 1.90. The van der Waals surface area contributed by atoms with E-state index >= 15 is 0 Å². The van der Waals surface area contributed by atoms with Crippen LogP contribution in [-0.2, 0) is 13.0 Å². The molecule has 0 saturated carbocycles. The van der Waals surface area contributed by atoms with Crippen LogP contribution in [0.25, 0.3) is 0 Å². The summed E-state index contributed by atoms with van der Waals surface area (Å²) in [4.78, 5) is 3.64. The van der Waals surface area contributed by atoms with E-state index in [1.54, 1.807) is 0 Å². The molecule has 1 aromatic rings. The van der Waals surface area contributed by atoms with E-state index in [1.165, 1.54) is 16.4 Å². The highest BCUT2D eigenvalue weighted by Crippen LogP contribution is 2.21. The van der Waals surface area contributed by atoms with E-state index < -0.39 is 0 Å². The lowest BCUT2D eigenvalue weighted by atomic mass is 10.0. The normalized spacial score (nSPS) is 18.0. The second-order valence-electron chi connectivity index (χ2n) is 4.14. The summed E-state index contributed by atoms with van der Waals surface area (Å²) < 4.78 is 4.01. The summed E-state index contributed by atoms with van der Waals surface area (Å²) in [5.41, 5.74) is 1.16. The van der Waals surface area contributed by atoms with Crippen LogP contribution in [0.15, 0.2) is 0 Å². The van der Waals surface area contributed by atoms with Gasteiger partial charge in [0, 0.05) is 32.2 Å². The Morgan fingerprint density at radius 1 is 1.53 bits per heavy atom. The molecular formula is C10H17N3OS. The van der Waals surface area contributed by atoms with Crippen LogP contribution in [0.4, 0.5) is 0 Å². The summed E-state index contributed by atoms with van der Waals surface area (Å²) in [6, 6.07) is 0. The fourth-order valence-corrected chi connectivity index (χ4v) is 2.62. The summed E-state index contributed by atoms with van der Waals surface area (Å²) in [7, 11) is 0. The van der Waals surface area contributed by atoms with Crippen LogP contribution in [0.1, 0.15) is 23.9 Å². The van der Waals surface area contributed by atoms with Crippen LogP contribution in [0.5, 0.6) is 0 Å². The van der Waals surface area contributed by atoms with Gasteiger partial charge in [-0.05, 0) is 18.0 Å². The molecule has 84 valence electrons. The number of nitrogens with zero attached hydrogens (tertiary/aromatic N) is 3. The maximum Gasteiger partial charge on any atom is 0.0800 e. The Kier molecular flexibility index (Phi) is 3.66. The van der Waals surface area contributed by atoms with Crippen LogP contribution >= 0.6 is 11.5 Å². The van der Waals surface area contributed by atoms with Crippen molar-refractivity contribution in [3.8, 4) is 0 Å². The second kappa shape index (κ2) is 5.01. The highest BCUT2D eigenvalue weighted by atomic mass is 32.1. The van der Waals surface area contributed by atoms with Gasteiger partial charge in [-0.3, -0.25) is 4.90 Å². The Morgan fingerprint density at radius 3 is 3.00 bits per heavy atom. The molecule has 0 spiro atoms. The molecule has 1 aromatic heterocycles. The van der Waals surface area contributed by atoms with Crippen LogP contribution in [0.3, 0.4) is 0 Å². The SMILES string of the molecule is CCCc1nnsc1CN1CC(CO)C1. The van der Waals surface area contributed by atoms with Gasteiger partial charge < -0.3 is 5.11 Å². The molecule has 15 heavy (non-hydrogen) atoms. The van der Waals surface area contributed by atoms with E-state index in [-0.39, 0.29) is 0 Å². The third kappa shape index (κ3) is 2.53. The summed E-state index contributed by atoms with van der Waals surface area (Å²) in [5, 5.41) is 13.1. The van der Waals surface area contributed by atoms with Crippen molar-refractivity contribution in [2.75, 3.05) is 19.7 Å². The van der Waals surface area contributed by atoms with Crippen molar-refractivity contribution in [1.29, 1.82) is 0 Å². The number of aliphatic hydroxyl groups is 1. The Morgan fingerprint density at radius 2 is 2.33 bits per heavy atom. The predicted molar refractivity (Wildman–Crippen MR) is 59.8 cm³/mol. The molecule has 4 nitrogen and oxygen atoms in total. The fraction of sp³-hybridized carbons (Fsp3) is 0.800. The minimum Gasteiger partial charge on any atom is -0.396 e. The Hall–Kier alpha value is -0.520. The average molecular weight is 227 g/mol. The number of aliphatic hydroxyl groups excluding tert-OH is 1. The van der Waals surface area contributed by atoms with Crippen molar-refractivity contribution in [2.45, 2.75) is 26.3 Å². The van der Waals surface area contributed by atoms with Crippen molar-refractivity contribution < 1.29 is 5.11 Å². The number of hydrogen-bond acceptors (Lipinski definition) is 5. The first-order valence-electron chi connectivity index (χ1n) is 5.46. The number of aromatic nitrogens is 2. The molecule has 0 aliphatic carbocycles. The van der Waals surface area contributed by atoms with Gasteiger partial charge in [0.05, 0.1) is 10.6 Å². The lowest BCUT2D eigenvalue weighted by Gasteiger charge is -2.37. The van der Waals surface area contributed by atoms with Gasteiger partial charge in [-0.15, -0.1) is 5.10 Å². The van der Waals surface area contributed by atoms with Gasteiger partial charge in [0.15, 0.2) is 0 Å². The highest BCUT2D eigenvalue weighted by molar-refractivity contribution is 7.05. The molecule has 0 bridgehead atoms. The van der Waals surface area contributed by atoms with E-state index in [2.05, 4.69) is 21.4 Å². The van der Waals surface area contributed by atoms with E-state index in [0.29, 0.717) is 12.5 Å². The van der Waals surface area contributed by atoms with Gasteiger partial charge in [0.25, 0.3) is 0 Å². The Bertz CT molecular complexity index is 309. The van der Waals surface area contributed by atoms with Gasteiger partial charge in [0.2, 0.25) is 0 Å². The Labute approximate surface area is 94.1 Å². The number of hydrogen-bond donors (Lipinski definition) is 1. The summed E-state index contributed by atoms with van der Waals surface area (Å²) in [6.45, 7) is 5.47. The van der Waals surface area contributed by atoms with Crippen LogP contribution in [0.2, 0.25) is 0 Å². The minimum absolute atomic E-state index is 0.319. The molecule has 1 N–H and O–H groups in total. The first kappa shape index (κ1) is 11.0. The zero-order chi connectivity index (χ0) is 10.7. The van der Waals surface area contributed by atoms with Crippen LogP contribution in [0, 0.1) is 5.92 Å². The Balaban J connectivity index is 1.85. The summed E-state index contributed by atoms with van der Waals surface area (Å²) in [5.74, 6) is 0.487. The van der Waals surface area contributed by atoms with Gasteiger partial charge in [-0.1, -0.05) is 17.8 Å². The van der Waals surface area contributed by atoms with Crippen molar-refractivity contribution in [1.82, 2.24) is 14.5 Å². The van der Waals surface area contributed by atoms with E-state index in [9.17, 15) is 0 Å². The van der Waals surface area contributed by atoms with Crippen molar-refractivity contribution in [2.24, 2.45) is 5.92 Å². The molecule has 0 radical (unpaired) electrons. The lowest BCUT2D eigenvalue weighted by Crippen LogP contribution is -2.47. The molecule has 0 aromatic carbocycles. The van der Waals surface area contributed by atoms with Crippen molar-refractivity contribution >= 4 is 11.5 Å². The highest BCUT2D eigenvalue weighted by Gasteiger charge is 2.26. The summed E-state index contributed by atoms with van der Waals surface area (Å²) >= 11 is 1.51. The molecule has 2 rings (SSSR count). The molecule has 0 atom stereocenters. The molecule has 0 amide bonds. The van der Waals surface area contributed by atoms with Gasteiger partial charge >= 0.3 is 0 Å². The maximum absolute atomic E-state index is 8.92. The smallest absolute Gasteiger partial charge is 0.0800 e.